The Kier molecular flexibility index (Phi) is 6.05. The van der Waals surface area contributed by atoms with Gasteiger partial charge in [-0.1, -0.05) is 35.2 Å². The van der Waals surface area contributed by atoms with Crippen molar-refractivity contribution in [2.45, 2.75) is 30.4 Å². The van der Waals surface area contributed by atoms with E-state index in [1.54, 1.807) is 0 Å². The van der Waals surface area contributed by atoms with E-state index >= 15 is 0 Å². The SMILES string of the molecule is CC(C)NC(=O)CSc1nnc(Nc2ccccc2C(F)(F)F)s1. The quantitative estimate of drug-likeness (QED) is 0.748. The standard InChI is InChI=1S/C14H15F3N4OS2/c1-8(2)18-11(22)7-23-13-21-20-12(24-13)19-10-6-4-3-5-9(10)14(15,16)17/h3-6,8H,7H2,1-2H3,(H,18,22)(H,19,20). The average molecular weight is 376 g/mol. The maximum absolute atomic E-state index is 12.9. The number of carbonyl (C=O) groups excluding carboxylic acids is 1. The van der Waals surface area contributed by atoms with Crippen molar-refractivity contribution < 1.29 is 18.0 Å². The molecule has 5 nitrogen and oxygen atoms in total. The molecule has 0 saturated heterocycles. The summed E-state index contributed by atoms with van der Waals surface area (Å²) in [4.78, 5) is 11.6. The lowest BCUT2D eigenvalue weighted by Gasteiger charge is -2.12. The van der Waals surface area contributed by atoms with Crippen molar-refractivity contribution in [3.05, 3.63) is 29.8 Å². The Balaban J connectivity index is 2.01. The first-order chi connectivity index (χ1) is 11.3. The number of nitrogens with zero attached hydrogens (tertiary/aromatic N) is 2. The summed E-state index contributed by atoms with van der Waals surface area (Å²) in [5.74, 6) is 0.0357. The number of halogens is 3. The van der Waals surface area contributed by atoms with E-state index in [1.165, 1.54) is 30.0 Å². The molecule has 0 bridgehead atoms. The fraction of sp³-hybridized carbons (Fsp3) is 0.357. The molecule has 1 aromatic carbocycles. The number of amides is 1. The van der Waals surface area contributed by atoms with Gasteiger partial charge in [-0.2, -0.15) is 13.2 Å². The van der Waals surface area contributed by atoms with Gasteiger partial charge < -0.3 is 10.6 Å². The van der Waals surface area contributed by atoms with E-state index < -0.39 is 11.7 Å². The van der Waals surface area contributed by atoms with Crippen LogP contribution in [0, 0.1) is 0 Å². The zero-order chi connectivity index (χ0) is 17.7. The van der Waals surface area contributed by atoms with Crippen LogP contribution in [-0.2, 0) is 11.0 Å². The smallest absolute Gasteiger partial charge is 0.353 e. The molecule has 1 amide bonds. The van der Waals surface area contributed by atoms with Gasteiger partial charge in [0.15, 0.2) is 4.34 Å². The minimum atomic E-state index is -4.46. The molecule has 0 saturated carbocycles. The second-order valence-corrected chi connectivity index (χ2v) is 7.25. The number of nitrogens with one attached hydrogen (secondary N) is 2. The van der Waals surface area contributed by atoms with Crippen LogP contribution in [0.5, 0.6) is 0 Å². The van der Waals surface area contributed by atoms with Gasteiger partial charge in [0.1, 0.15) is 0 Å². The van der Waals surface area contributed by atoms with Crippen molar-refractivity contribution in [1.29, 1.82) is 0 Å². The van der Waals surface area contributed by atoms with Crippen molar-refractivity contribution in [1.82, 2.24) is 15.5 Å². The highest BCUT2D eigenvalue weighted by Gasteiger charge is 2.33. The normalized spacial score (nSPS) is 11.6. The van der Waals surface area contributed by atoms with Crippen LogP contribution < -0.4 is 10.6 Å². The molecular weight excluding hydrogens is 361 g/mol. The highest BCUT2D eigenvalue weighted by atomic mass is 32.2. The van der Waals surface area contributed by atoms with E-state index in [0.717, 1.165) is 17.4 Å². The molecule has 10 heteroatoms. The lowest BCUT2D eigenvalue weighted by Crippen LogP contribution is -2.31. The Morgan fingerprint density at radius 2 is 2.00 bits per heavy atom. The van der Waals surface area contributed by atoms with Gasteiger partial charge in [0, 0.05) is 6.04 Å². The number of alkyl halides is 3. The molecule has 0 aliphatic carbocycles. The summed E-state index contributed by atoms with van der Waals surface area (Å²) in [6, 6.07) is 5.19. The maximum atomic E-state index is 12.9. The molecule has 0 unspecified atom stereocenters. The molecule has 0 atom stereocenters. The van der Waals surface area contributed by atoms with Crippen molar-refractivity contribution in [2.75, 3.05) is 11.1 Å². The molecule has 1 heterocycles. The fourth-order valence-corrected chi connectivity index (χ4v) is 3.34. The molecule has 0 fully saturated rings. The summed E-state index contributed by atoms with van der Waals surface area (Å²) in [6.07, 6.45) is -4.46. The summed E-state index contributed by atoms with van der Waals surface area (Å²) >= 11 is 2.27. The number of hydrogen-bond acceptors (Lipinski definition) is 6. The lowest BCUT2D eigenvalue weighted by molar-refractivity contribution is -0.137. The Morgan fingerprint density at radius 3 is 2.67 bits per heavy atom. The summed E-state index contributed by atoms with van der Waals surface area (Å²) in [7, 11) is 0. The van der Waals surface area contributed by atoms with Crippen LogP contribution in [-0.4, -0.2) is 27.9 Å². The highest BCUT2D eigenvalue weighted by molar-refractivity contribution is 8.01. The van der Waals surface area contributed by atoms with Crippen LogP contribution in [0.3, 0.4) is 0 Å². The van der Waals surface area contributed by atoms with E-state index in [0.29, 0.717) is 4.34 Å². The first-order valence-corrected chi connectivity index (χ1v) is 8.75. The van der Waals surface area contributed by atoms with Gasteiger partial charge in [-0.05, 0) is 26.0 Å². The molecule has 0 spiro atoms. The van der Waals surface area contributed by atoms with Gasteiger partial charge in [-0.15, -0.1) is 10.2 Å². The Hall–Kier alpha value is -1.81. The van der Waals surface area contributed by atoms with Crippen LogP contribution in [0.4, 0.5) is 24.0 Å². The molecule has 0 radical (unpaired) electrons. The minimum absolute atomic E-state index is 0.0450. The average Bonchev–Trinajstić information content (AvgIpc) is 2.91. The predicted octanol–water partition coefficient (Wildman–Crippen LogP) is 3.92. The molecule has 2 aromatic rings. The van der Waals surface area contributed by atoms with Crippen molar-refractivity contribution in [3.8, 4) is 0 Å². The van der Waals surface area contributed by atoms with Gasteiger partial charge >= 0.3 is 6.18 Å². The minimum Gasteiger partial charge on any atom is -0.353 e. The molecule has 1 aromatic heterocycles. The number of para-hydroxylation sites is 1. The Bertz CT molecular complexity index is 703. The predicted molar refractivity (Wildman–Crippen MR) is 88.6 cm³/mol. The second kappa shape index (κ2) is 7.84. The van der Waals surface area contributed by atoms with Gasteiger partial charge in [0.2, 0.25) is 11.0 Å². The third kappa shape index (κ3) is 5.38. The molecule has 24 heavy (non-hydrogen) atoms. The molecule has 2 N–H and O–H groups in total. The molecule has 0 aliphatic heterocycles. The Labute approximate surface area is 145 Å². The first-order valence-electron chi connectivity index (χ1n) is 6.94. The van der Waals surface area contributed by atoms with Crippen molar-refractivity contribution >= 4 is 39.8 Å². The van der Waals surface area contributed by atoms with Crippen LogP contribution in [0.2, 0.25) is 0 Å². The van der Waals surface area contributed by atoms with Crippen LogP contribution in [0.25, 0.3) is 0 Å². The van der Waals surface area contributed by atoms with E-state index in [-0.39, 0.29) is 28.5 Å². The van der Waals surface area contributed by atoms with Gasteiger partial charge in [-0.3, -0.25) is 4.79 Å². The number of thioether (sulfide) groups is 1. The number of anilines is 2. The molecule has 2 rings (SSSR count). The molecule has 0 aliphatic rings. The molecular formula is C14H15F3N4OS2. The van der Waals surface area contributed by atoms with Crippen LogP contribution >= 0.6 is 23.1 Å². The summed E-state index contributed by atoms with van der Waals surface area (Å²) < 4.78 is 39.3. The third-order valence-corrected chi connectivity index (χ3v) is 4.63. The first kappa shape index (κ1) is 18.5. The summed E-state index contributed by atoms with van der Waals surface area (Å²) in [5.41, 5.74) is -0.860. The van der Waals surface area contributed by atoms with E-state index in [1.807, 2.05) is 13.8 Å². The largest absolute Gasteiger partial charge is 0.418 e. The number of benzene rings is 1. The van der Waals surface area contributed by atoms with E-state index in [9.17, 15) is 18.0 Å². The number of carbonyl (C=O) groups is 1. The highest BCUT2D eigenvalue weighted by Crippen LogP contribution is 2.36. The zero-order valence-electron chi connectivity index (χ0n) is 12.8. The molecule has 130 valence electrons. The summed E-state index contributed by atoms with van der Waals surface area (Å²) in [6.45, 7) is 3.71. The van der Waals surface area contributed by atoms with Crippen LogP contribution in [0.15, 0.2) is 28.6 Å². The number of hydrogen-bond donors (Lipinski definition) is 2. The number of rotatable bonds is 6. The van der Waals surface area contributed by atoms with Crippen LogP contribution in [0.1, 0.15) is 19.4 Å². The lowest BCUT2D eigenvalue weighted by atomic mass is 10.2. The number of aromatic nitrogens is 2. The van der Waals surface area contributed by atoms with Gasteiger partial charge in [0.25, 0.3) is 0 Å². The monoisotopic (exact) mass is 376 g/mol. The fourth-order valence-electron chi connectivity index (χ4n) is 1.76. The topological polar surface area (TPSA) is 66.9 Å². The third-order valence-electron chi connectivity index (χ3n) is 2.66. The van der Waals surface area contributed by atoms with Gasteiger partial charge in [0.05, 0.1) is 17.0 Å². The van der Waals surface area contributed by atoms with Crippen molar-refractivity contribution in [2.24, 2.45) is 0 Å². The van der Waals surface area contributed by atoms with Gasteiger partial charge in [-0.25, -0.2) is 0 Å². The Morgan fingerprint density at radius 1 is 1.29 bits per heavy atom. The summed E-state index contributed by atoms with van der Waals surface area (Å²) in [5, 5.41) is 13.3. The van der Waals surface area contributed by atoms with Crippen molar-refractivity contribution in [3.63, 3.8) is 0 Å². The second-order valence-electron chi connectivity index (χ2n) is 5.05. The maximum Gasteiger partial charge on any atom is 0.418 e. The zero-order valence-corrected chi connectivity index (χ0v) is 14.5. The van der Waals surface area contributed by atoms with E-state index in [2.05, 4.69) is 20.8 Å². The van der Waals surface area contributed by atoms with E-state index in [4.69, 9.17) is 0 Å².